The van der Waals surface area contributed by atoms with Crippen LogP contribution in [-0.2, 0) is 6.42 Å². The Kier molecular flexibility index (Phi) is 2.91. The molecule has 0 saturated heterocycles. The van der Waals surface area contributed by atoms with Gasteiger partial charge in [-0.05, 0) is 52.2 Å². The fourth-order valence-corrected chi connectivity index (χ4v) is 2.14. The normalized spacial score (nSPS) is 10.6. The third kappa shape index (κ3) is 1.97. The number of methoxy groups -OCH3 is 1. The van der Waals surface area contributed by atoms with E-state index in [1.54, 1.807) is 7.11 Å². The SMILES string of the molecule is CCc1cc2cc(OC)ccc2nc1Br. The maximum absolute atomic E-state index is 5.19. The predicted octanol–water partition coefficient (Wildman–Crippen LogP) is 3.57. The quantitative estimate of drug-likeness (QED) is 0.775. The number of fused-ring (bicyclic) bond motifs is 1. The van der Waals surface area contributed by atoms with Crippen LogP contribution >= 0.6 is 15.9 Å². The van der Waals surface area contributed by atoms with Crippen molar-refractivity contribution in [1.82, 2.24) is 4.98 Å². The fourth-order valence-electron chi connectivity index (χ4n) is 1.55. The zero-order valence-electron chi connectivity index (χ0n) is 8.75. The van der Waals surface area contributed by atoms with Gasteiger partial charge in [-0.15, -0.1) is 0 Å². The van der Waals surface area contributed by atoms with E-state index in [1.165, 1.54) is 5.56 Å². The van der Waals surface area contributed by atoms with Crippen LogP contribution in [0.25, 0.3) is 10.9 Å². The second-order valence-corrected chi connectivity index (χ2v) is 4.10. The average molecular weight is 266 g/mol. The zero-order chi connectivity index (χ0) is 10.8. The van der Waals surface area contributed by atoms with E-state index in [1.807, 2.05) is 18.2 Å². The Morgan fingerprint density at radius 1 is 1.33 bits per heavy atom. The largest absolute Gasteiger partial charge is 0.497 e. The van der Waals surface area contributed by atoms with Gasteiger partial charge in [0.2, 0.25) is 0 Å². The summed E-state index contributed by atoms with van der Waals surface area (Å²) in [5, 5.41) is 1.12. The lowest BCUT2D eigenvalue weighted by atomic mass is 10.1. The highest BCUT2D eigenvalue weighted by Gasteiger charge is 2.03. The van der Waals surface area contributed by atoms with Gasteiger partial charge in [-0.3, -0.25) is 0 Å². The molecular weight excluding hydrogens is 254 g/mol. The summed E-state index contributed by atoms with van der Waals surface area (Å²) < 4.78 is 6.12. The van der Waals surface area contributed by atoms with E-state index in [0.717, 1.165) is 27.7 Å². The number of nitrogens with zero attached hydrogens (tertiary/aromatic N) is 1. The average Bonchev–Trinajstić information content (AvgIpc) is 2.27. The van der Waals surface area contributed by atoms with Crippen LogP contribution in [-0.4, -0.2) is 12.1 Å². The van der Waals surface area contributed by atoms with Crippen LogP contribution in [0.3, 0.4) is 0 Å². The maximum Gasteiger partial charge on any atom is 0.119 e. The molecule has 0 aliphatic carbocycles. The van der Waals surface area contributed by atoms with E-state index in [4.69, 9.17) is 4.74 Å². The van der Waals surface area contributed by atoms with Crippen LogP contribution in [0.2, 0.25) is 0 Å². The highest BCUT2D eigenvalue weighted by Crippen LogP contribution is 2.24. The minimum atomic E-state index is 0.869. The Hall–Kier alpha value is -1.09. The third-order valence-electron chi connectivity index (χ3n) is 2.43. The van der Waals surface area contributed by atoms with Crippen molar-refractivity contribution in [3.63, 3.8) is 0 Å². The monoisotopic (exact) mass is 265 g/mol. The van der Waals surface area contributed by atoms with Gasteiger partial charge < -0.3 is 4.74 Å². The van der Waals surface area contributed by atoms with Crippen molar-refractivity contribution in [2.75, 3.05) is 7.11 Å². The lowest BCUT2D eigenvalue weighted by Crippen LogP contribution is -1.89. The summed E-state index contributed by atoms with van der Waals surface area (Å²) in [6, 6.07) is 8.05. The molecule has 0 unspecified atom stereocenters. The van der Waals surface area contributed by atoms with Crippen molar-refractivity contribution in [2.45, 2.75) is 13.3 Å². The summed E-state index contributed by atoms with van der Waals surface area (Å²) in [4.78, 5) is 4.48. The summed E-state index contributed by atoms with van der Waals surface area (Å²) in [5.74, 6) is 0.869. The van der Waals surface area contributed by atoms with Crippen LogP contribution < -0.4 is 4.74 Å². The second kappa shape index (κ2) is 4.19. The molecule has 0 bridgehead atoms. The topological polar surface area (TPSA) is 22.1 Å². The summed E-state index contributed by atoms with van der Waals surface area (Å²) in [6.07, 6.45) is 0.973. The minimum absolute atomic E-state index is 0.869. The van der Waals surface area contributed by atoms with Crippen LogP contribution in [0.5, 0.6) is 5.75 Å². The number of benzene rings is 1. The molecule has 2 aromatic rings. The number of rotatable bonds is 2. The lowest BCUT2D eigenvalue weighted by molar-refractivity contribution is 0.415. The molecule has 2 nitrogen and oxygen atoms in total. The standard InChI is InChI=1S/C12H12BrNO/c1-3-8-6-9-7-10(15-2)4-5-11(9)14-12(8)13/h4-7H,3H2,1-2H3. The molecular formula is C12H12BrNO. The van der Waals surface area contributed by atoms with Gasteiger partial charge in [0.1, 0.15) is 10.4 Å². The summed E-state index contributed by atoms with van der Waals surface area (Å²) in [7, 11) is 1.67. The molecule has 3 heteroatoms. The highest BCUT2D eigenvalue weighted by molar-refractivity contribution is 9.10. The number of pyridine rings is 1. The molecule has 0 fully saturated rings. The molecule has 1 aromatic heterocycles. The van der Waals surface area contributed by atoms with Crippen molar-refractivity contribution >= 4 is 26.8 Å². The van der Waals surface area contributed by atoms with Crippen molar-refractivity contribution in [2.24, 2.45) is 0 Å². The fraction of sp³-hybridized carbons (Fsp3) is 0.250. The molecule has 15 heavy (non-hydrogen) atoms. The predicted molar refractivity (Wildman–Crippen MR) is 65.4 cm³/mol. The molecule has 0 radical (unpaired) electrons. The van der Waals surface area contributed by atoms with E-state index in [0.29, 0.717) is 0 Å². The van der Waals surface area contributed by atoms with E-state index in [-0.39, 0.29) is 0 Å². The van der Waals surface area contributed by atoms with Crippen LogP contribution in [0.1, 0.15) is 12.5 Å². The molecule has 0 amide bonds. The first-order valence-corrected chi connectivity index (χ1v) is 5.67. The Bertz CT molecular complexity index is 496. The Morgan fingerprint density at radius 3 is 2.80 bits per heavy atom. The molecule has 1 heterocycles. The van der Waals surface area contributed by atoms with Gasteiger partial charge in [-0.2, -0.15) is 0 Å². The van der Waals surface area contributed by atoms with E-state index in [2.05, 4.69) is 33.9 Å². The summed E-state index contributed by atoms with van der Waals surface area (Å²) in [6.45, 7) is 2.12. The van der Waals surface area contributed by atoms with Crippen molar-refractivity contribution in [1.29, 1.82) is 0 Å². The molecule has 0 aliphatic heterocycles. The number of hydrogen-bond acceptors (Lipinski definition) is 2. The summed E-state index contributed by atoms with van der Waals surface area (Å²) >= 11 is 3.47. The number of hydrogen-bond donors (Lipinski definition) is 0. The van der Waals surface area contributed by atoms with Crippen LogP contribution in [0.15, 0.2) is 28.9 Å². The second-order valence-electron chi connectivity index (χ2n) is 3.35. The molecule has 1 aromatic carbocycles. The van der Waals surface area contributed by atoms with Gasteiger partial charge in [-0.1, -0.05) is 6.92 Å². The van der Waals surface area contributed by atoms with E-state index >= 15 is 0 Å². The smallest absolute Gasteiger partial charge is 0.119 e. The number of aryl methyl sites for hydroxylation is 1. The van der Waals surface area contributed by atoms with Gasteiger partial charge in [0, 0.05) is 5.39 Å². The Morgan fingerprint density at radius 2 is 2.13 bits per heavy atom. The highest BCUT2D eigenvalue weighted by atomic mass is 79.9. The van der Waals surface area contributed by atoms with Gasteiger partial charge >= 0.3 is 0 Å². The van der Waals surface area contributed by atoms with Crippen LogP contribution in [0.4, 0.5) is 0 Å². The van der Waals surface area contributed by atoms with Gasteiger partial charge in [-0.25, -0.2) is 4.98 Å². The van der Waals surface area contributed by atoms with E-state index in [9.17, 15) is 0 Å². The summed E-state index contributed by atoms with van der Waals surface area (Å²) in [5.41, 5.74) is 2.20. The van der Waals surface area contributed by atoms with E-state index < -0.39 is 0 Å². The van der Waals surface area contributed by atoms with Crippen molar-refractivity contribution in [3.8, 4) is 5.75 Å². The van der Waals surface area contributed by atoms with Gasteiger partial charge in [0.15, 0.2) is 0 Å². The molecule has 0 spiro atoms. The molecule has 0 N–H and O–H groups in total. The first-order chi connectivity index (χ1) is 7.24. The van der Waals surface area contributed by atoms with Gasteiger partial charge in [0.25, 0.3) is 0 Å². The number of aromatic nitrogens is 1. The Labute approximate surface area is 97.4 Å². The first-order valence-electron chi connectivity index (χ1n) is 4.87. The van der Waals surface area contributed by atoms with Gasteiger partial charge in [0.05, 0.1) is 12.6 Å². The minimum Gasteiger partial charge on any atom is -0.497 e. The van der Waals surface area contributed by atoms with Crippen molar-refractivity contribution < 1.29 is 4.74 Å². The zero-order valence-corrected chi connectivity index (χ0v) is 10.3. The third-order valence-corrected chi connectivity index (χ3v) is 3.12. The molecule has 78 valence electrons. The molecule has 2 rings (SSSR count). The molecule has 0 saturated carbocycles. The van der Waals surface area contributed by atoms with Crippen LogP contribution in [0, 0.1) is 0 Å². The molecule has 0 aliphatic rings. The lowest BCUT2D eigenvalue weighted by Gasteiger charge is -2.05. The number of halogens is 1. The maximum atomic E-state index is 5.19. The molecule has 0 atom stereocenters. The van der Waals surface area contributed by atoms with Crippen molar-refractivity contribution in [3.05, 3.63) is 34.4 Å². The number of ether oxygens (including phenoxy) is 1. The first kappa shape index (κ1) is 10.4. The Balaban J connectivity index is 2.66.